The molecule has 3 heterocycles. The number of anilines is 1. The zero-order chi connectivity index (χ0) is 14.4. The number of halogens is 2. The maximum Gasteiger partial charge on any atom is 0.267 e. The van der Waals surface area contributed by atoms with Crippen LogP contribution in [0.5, 0.6) is 0 Å². The fourth-order valence-corrected chi connectivity index (χ4v) is 2.18. The summed E-state index contributed by atoms with van der Waals surface area (Å²) in [6.45, 7) is 0. The number of aliphatic hydroxyl groups is 2. The summed E-state index contributed by atoms with van der Waals surface area (Å²) in [6, 6.07) is 0. The van der Waals surface area contributed by atoms with Gasteiger partial charge in [-0.25, -0.2) is 23.7 Å². The Balaban J connectivity index is 2.02. The van der Waals surface area contributed by atoms with Crippen LogP contribution in [0.3, 0.4) is 0 Å². The summed E-state index contributed by atoms with van der Waals surface area (Å²) in [4.78, 5) is 11.6. The molecule has 4 N–H and O–H groups in total. The summed E-state index contributed by atoms with van der Waals surface area (Å²) in [7, 11) is 0. The molecule has 1 aliphatic rings. The van der Waals surface area contributed by atoms with E-state index in [0.717, 1.165) is 0 Å². The highest BCUT2D eigenvalue weighted by Gasteiger charge is 2.48. The number of nitrogen functional groups attached to an aromatic ring is 1. The van der Waals surface area contributed by atoms with Crippen LogP contribution in [-0.4, -0.2) is 54.5 Å². The Kier molecular flexibility index (Phi) is 3.00. The highest BCUT2D eigenvalue weighted by atomic mass is 19.3. The third kappa shape index (κ3) is 1.80. The zero-order valence-corrected chi connectivity index (χ0v) is 9.97. The quantitative estimate of drug-likeness (QED) is 0.667. The standard InChI is InChI=1S/C10H11F2N5O3/c11-7(12)6-4(18)5(19)10(20-6)17-2-16-3-8(13)14-1-15-9(3)17/h1-2,4-7,10,18-19H,(H2,13,14,15)/t4-,5?,6-,10+/m0/s1. The van der Waals surface area contributed by atoms with Gasteiger partial charge in [-0.05, 0) is 0 Å². The van der Waals surface area contributed by atoms with Gasteiger partial charge in [0.05, 0.1) is 6.33 Å². The largest absolute Gasteiger partial charge is 0.387 e. The molecule has 0 radical (unpaired) electrons. The van der Waals surface area contributed by atoms with Crippen molar-refractivity contribution >= 4 is 17.0 Å². The second-order valence-electron chi connectivity index (χ2n) is 4.39. The minimum atomic E-state index is -2.92. The summed E-state index contributed by atoms with van der Waals surface area (Å²) in [5, 5.41) is 19.4. The lowest BCUT2D eigenvalue weighted by atomic mass is 10.1. The molecule has 0 aliphatic carbocycles. The number of hydrogen-bond donors (Lipinski definition) is 3. The molecule has 1 aliphatic heterocycles. The van der Waals surface area contributed by atoms with Crippen LogP contribution >= 0.6 is 0 Å². The molecular weight excluding hydrogens is 276 g/mol. The fraction of sp³-hybridized carbons (Fsp3) is 0.500. The third-order valence-corrected chi connectivity index (χ3v) is 3.18. The Labute approximate surface area is 110 Å². The summed E-state index contributed by atoms with van der Waals surface area (Å²) in [5.74, 6) is 0.118. The molecule has 2 aromatic heterocycles. The van der Waals surface area contributed by atoms with Crippen LogP contribution in [0.4, 0.5) is 14.6 Å². The maximum atomic E-state index is 12.7. The van der Waals surface area contributed by atoms with Gasteiger partial charge in [-0.2, -0.15) is 0 Å². The molecule has 2 aromatic rings. The molecule has 0 bridgehead atoms. The lowest BCUT2D eigenvalue weighted by Gasteiger charge is -2.16. The van der Waals surface area contributed by atoms with Crippen molar-refractivity contribution < 1.29 is 23.7 Å². The van der Waals surface area contributed by atoms with E-state index in [-0.39, 0.29) is 17.0 Å². The summed E-state index contributed by atoms with van der Waals surface area (Å²) in [5.41, 5.74) is 6.09. The first-order valence-electron chi connectivity index (χ1n) is 5.73. The van der Waals surface area contributed by atoms with Crippen LogP contribution < -0.4 is 5.73 Å². The molecule has 4 atom stereocenters. The van der Waals surface area contributed by atoms with Gasteiger partial charge in [0.15, 0.2) is 17.7 Å². The lowest BCUT2D eigenvalue weighted by Crippen LogP contribution is -2.35. The van der Waals surface area contributed by atoms with E-state index in [2.05, 4.69) is 15.0 Å². The molecule has 1 fully saturated rings. The van der Waals surface area contributed by atoms with E-state index >= 15 is 0 Å². The Bertz CT molecular complexity index is 636. The van der Waals surface area contributed by atoms with Crippen molar-refractivity contribution in [3.63, 3.8) is 0 Å². The normalized spacial score (nSPS) is 30.4. The molecule has 1 unspecified atom stereocenters. The predicted octanol–water partition coefficient (Wildman–Crippen LogP) is -0.707. The predicted molar refractivity (Wildman–Crippen MR) is 61.7 cm³/mol. The van der Waals surface area contributed by atoms with Crippen molar-refractivity contribution in [2.24, 2.45) is 0 Å². The number of alkyl halides is 2. The maximum absolute atomic E-state index is 12.7. The molecular formula is C10H11F2N5O3. The summed E-state index contributed by atoms with van der Waals surface area (Å²) >= 11 is 0. The van der Waals surface area contributed by atoms with Gasteiger partial charge in [0.1, 0.15) is 30.2 Å². The SMILES string of the molecule is Nc1ncnc2c1ncn2[C@@H]1O[C@H](C(F)F)[C@@H](O)C1O. The second kappa shape index (κ2) is 4.58. The van der Waals surface area contributed by atoms with Crippen molar-refractivity contribution in [2.75, 3.05) is 5.73 Å². The van der Waals surface area contributed by atoms with Gasteiger partial charge < -0.3 is 20.7 Å². The molecule has 0 saturated carbocycles. The minimum Gasteiger partial charge on any atom is -0.387 e. The van der Waals surface area contributed by atoms with E-state index in [1.807, 2.05) is 0 Å². The number of aliphatic hydroxyl groups excluding tert-OH is 2. The van der Waals surface area contributed by atoms with Gasteiger partial charge in [-0.3, -0.25) is 4.57 Å². The van der Waals surface area contributed by atoms with Crippen molar-refractivity contribution in [3.05, 3.63) is 12.7 Å². The van der Waals surface area contributed by atoms with Crippen molar-refractivity contribution in [1.29, 1.82) is 0 Å². The zero-order valence-electron chi connectivity index (χ0n) is 9.97. The average Bonchev–Trinajstić information content (AvgIpc) is 2.94. The highest BCUT2D eigenvalue weighted by Crippen LogP contribution is 2.34. The first-order chi connectivity index (χ1) is 9.50. The highest BCUT2D eigenvalue weighted by molar-refractivity contribution is 5.81. The van der Waals surface area contributed by atoms with Crippen LogP contribution in [0.1, 0.15) is 6.23 Å². The molecule has 8 nitrogen and oxygen atoms in total. The first kappa shape index (κ1) is 13.1. The van der Waals surface area contributed by atoms with E-state index in [1.165, 1.54) is 17.2 Å². The summed E-state index contributed by atoms with van der Waals surface area (Å²) < 4.78 is 31.6. The van der Waals surface area contributed by atoms with Gasteiger partial charge >= 0.3 is 0 Å². The van der Waals surface area contributed by atoms with Crippen LogP contribution in [0.15, 0.2) is 12.7 Å². The van der Waals surface area contributed by atoms with Gasteiger partial charge in [0, 0.05) is 0 Å². The third-order valence-electron chi connectivity index (χ3n) is 3.18. The lowest BCUT2D eigenvalue weighted by molar-refractivity contribution is -0.0969. The molecule has 20 heavy (non-hydrogen) atoms. The smallest absolute Gasteiger partial charge is 0.267 e. The molecule has 0 aromatic carbocycles. The van der Waals surface area contributed by atoms with Crippen molar-refractivity contribution in [3.8, 4) is 0 Å². The monoisotopic (exact) mass is 287 g/mol. The number of ether oxygens (including phenoxy) is 1. The molecule has 1 saturated heterocycles. The molecule has 10 heteroatoms. The Hall–Kier alpha value is -1.91. The number of fused-ring (bicyclic) bond motifs is 1. The molecule has 108 valence electrons. The van der Waals surface area contributed by atoms with Gasteiger partial charge in [0.25, 0.3) is 6.43 Å². The average molecular weight is 287 g/mol. The minimum absolute atomic E-state index is 0.118. The first-order valence-corrected chi connectivity index (χ1v) is 5.73. The summed E-state index contributed by atoms with van der Waals surface area (Å²) in [6.07, 6.45) is -6.71. The van der Waals surface area contributed by atoms with Crippen LogP contribution in [0, 0.1) is 0 Å². The van der Waals surface area contributed by atoms with Gasteiger partial charge in [-0.1, -0.05) is 0 Å². The van der Waals surface area contributed by atoms with E-state index in [1.54, 1.807) is 0 Å². The fourth-order valence-electron chi connectivity index (χ4n) is 2.18. The Morgan fingerprint density at radius 3 is 2.65 bits per heavy atom. The van der Waals surface area contributed by atoms with Crippen LogP contribution in [0.25, 0.3) is 11.2 Å². The number of nitrogens with zero attached hydrogens (tertiary/aromatic N) is 4. The Morgan fingerprint density at radius 1 is 1.25 bits per heavy atom. The van der Waals surface area contributed by atoms with E-state index in [0.29, 0.717) is 0 Å². The van der Waals surface area contributed by atoms with Gasteiger partial charge in [0.2, 0.25) is 0 Å². The van der Waals surface area contributed by atoms with Gasteiger partial charge in [-0.15, -0.1) is 0 Å². The van der Waals surface area contributed by atoms with E-state index < -0.39 is 31.0 Å². The van der Waals surface area contributed by atoms with Crippen molar-refractivity contribution in [1.82, 2.24) is 19.5 Å². The van der Waals surface area contributed by atoms with E-state index in [9.17, 15) is 19.0 Å². The van der Waals surface area contributed by atoms with Crippen LogP contribution in [0.2, 0.25) is 0 Å². The number of nitrogens with two attached hydrogens (primary N) is 1. The molecule has 0 spiro atoms. The topological polar surface area (TPSA) is 119 Å². The number of rotatable bonds is 2. The molecule has 3 rings (SSSR count). The van der Waals surface area contributed by atoms with E-state index in [4.69, 9.17) is 10.5 Å². The van der Waals surface area contributed by atoms with Crippen molar-refractivity contribution in [2.45, 2.75) is 31.0 Å². The second-order valence-corrected chi connectivity index (χ2v) is 4.39. The molecule has 0 amide bonds. The Morgan fingerprint density at radius 2 is 2.00 bits per heavy atom. The van der Waals surface area contributed by atoms with Crippen LogP contribution in [-0.2, 0) is 4.74 Å². The number of imidazole rings is 1. The number of aromatic nitrogens is 4. The number of hydrogen-bond acceptors (Lipinski definition) is 7.